The number of carbonyl (C=O) groups is 1. The summed E-state index contributed by atoms with van der Waals surface area (Å²) >= 11 is 5.99. The van der Waals surface area contributed by atoms with Gasteiger partial charge in [0, 0.05) is 33.7 Å². The van der Waals surface area contributed by atoms with E-state index in [4.69, 9.17) is 25.5 Å². The number of aryl methyl sites for hydroxylation is 2. The Bertz CT molecular complexity index is 1470. The molecule has 0 bridgehead atoms. The molecule has 10 nitrogen and oxygen atoms in total. The van der Waals surface area contributed by atoms with Crippen LogP contribution < -0.4 is 14.9 Å². The molecule has 2 aromatic carbocycles. The van der Waals surface area contributed by atoms with Crippen LogP contribution in [0, 0.1) is 24.0 Å². The Labute approximate surface area is 223 Å². The molecule has 0 atom stereocenters. The third-order valence-electron chi connectivity index (χ3n) is 5.55. The predicted octanol–water partition coefficient (Wildman–Crippen LogP) is 5.99. The van der Waals surface area contributed by atoms with Gasteiger partial charge in [-0.25, -0.2) is 5.43 Å². The number of aromatic nitrogens is 1. The molecule has 38 heavy (non-hydrogen) atoms. The number of carbonyl (C=O) groups excluding carboxylic acids is 1. The van der Waals surface area contributed by atoms with Gasteiger partial charge in [0.1, 0.15) is 18.1 Å². The first-order valence-electron chi connectivity index (χ1n) is 11.7. The van der Waals surface area contributed by atoms with Crippen LogP contribution in [-0.2, 0) is 6.61 Å². The lowest BCUT2D eigenvalue weighted by molar-refractivity contribution is -0.385. The van der Waals surface area contributed by atoms with Crippen LogP contribution in [0.15, 0.2) is 70.2 Å². The summed E-state index contributed by atoms with van der Waals surface area (Å²) in [6, 6.07) is 17.6. The number of furan rings is 1. The van der Waals surface area contributed by atoms with Crippen molar-refractivity contribution in [3.05, 3.63) is 104 Å². The lowest BCUT2D eigenvalue weighted by Crippen LogP contribution is -2.17. The summed E-state index contributed by atoms with van der Waals surface area (Å²) in [4.78, 5) is 23.2. The minimum Gasteiger partial charge on any atom is -0.487 e. The standard InChI is InChI=1S/C27H25ClN4O6/c1-4-36-26-19(13-20(28)14-24(26)32(34)35)15-29-30-27(33)25-12-11-23(38-25)16-37-22-9-7-21(8-10-22)31-17(2)5-6-18(31)3/h5-15H,4,16H2,1-3H3,(H,30,33)/b29-15+. The summed E-state index contributed by atoms with van der Waals surface area (Å²) in [5.74, 6) is 0.526. The molecule has 0 spiro atoms. The molecule has 2 heterocycles. The van der Waals surface area contributed by atoms with E-state index < -0.39 is 10.8 Å². The van der Waals surface area contributed by atoms with Crippen molar-refractivity contribution >= 4 is 29.4 Å². The largest absolute Gasteiger partial charge is 0.487 e. The van der Waals surface area contributed by atoms with Crippen molar-refractivity contribution < 1.29 is 23.6 Å². The Kier molecular flexibility index (Phi) is 8.12. The highest BCUT2D eigenvalue weighted by Crippen LogP contribution is 2.33. The zero-order chi connectivity index (χ0) is 27.2. The molecule has 1 N–H and O–H groups in total. The Balaban J connectivity index is 1.36. The van der Waals surface area contributed by atoms with E-state index in [1.807, 2.05) is 24.3 Å². The van der Waals surface area contributed by atoms with E-state index in [-0.39, 0.29) is 41.0 Å². The second-order valence-corrected chi connectivity index (χ2v) is 8.67. The van der Waals surface area contributed by atoms with Crippen molar-refractivity contribution in [2.75, 3.05) is 6.61 Å². The first-order chi connectivity index (χ1) is 18.3. The smallest absolute Gasteiger partial charge is 0.313 e. The summed E-state index contributed by atoms with van der Waals surface area (Å²) in [6.07, 6.45) is 1.22. The van der Waals surface area contributed by atoms with Crippen LogP contribution in [0.1, 0.15) is 40.2 Å². The number of hydrazone groups is 1. The van der Waals surface area contributed by atoms with Gasteiger partial charge in [-0.05, 0) is 75.4 Å². The second-order valence-electron chi connectivity index (χ2n) is 8.23. The minimum absolute atomic E-state index is 0.00370. The van der Waals surface area contributed by atoms with Gasteiger partial charge in [-0.2, -0.15) is 5.10 Å². The molecule has 4 rings (SSSR count). The fraction of sp³-hybridized carbons (Fsp3) is 0.185. The fourth-order valence-corrected chi connectivity index (χ4v) is 4.07. The number of rotatable bonds is 10. The maximum Gasteiger partial charge on any atom is 0.313 e. The highest BCUT2D eigenvalue weighted by molar-refractivity contribution is 6.31. The number of nitrogens with zero attached hydrogens (tertiary/aromatic N) is 3. The van der Waals surface area contributed by atoms with Gasteiger partial charge in [-0.3, -0.25) is 14.9 Å². The topological polar surface area (TPSA) is 121 Å². The number of ether oxygens (including phenoxy) is 2. The summed E-state index contributed by atoms with van der Waals surface area (Å²) in [7, 11) is 0. The van der Waals surface area contributed by atoms with Crippen LogP contribution in [0.25, 0.3) is 5.69 Å². The molecule has 0 aliphatic carbocycles. The van der Waals surface area contributed by atoms with Crippen LogP contribution in [0.4, 0.5) is 5.69 Å². The third kappa shape index (κ3) is 6.04. The van der Waals surface area contributed by atoms with E-state index in [1.54, 1.807) is 13.0 Å². The van der Waals surface area contributed by atoms with Gasteiger partial charge in [-0.15, -0.1) is 0 Å². The molecule has 0 fully saturated rings. The number of benzene rings is 2. The SMILES string of the molecule is CCOc1c(/C=N/NC(=O)c2ccc(COc3ccc(-n4c(C)ccc4C)cc3)o2)cc(Cl)cc1[N+](=O)[O-]. The van der Waals surface area contributed by atoms with E-state index in [1.165, 1.54) is 24.4 Å². The highest BCUT2D eigenvalue weighted by atomic mass is 35.5. The Morgan fingerprint density at radius 3 is 2.47 bits per heavy atom. The summed E-state index contributed by atoms with van der Waals surface area (Å²) < 4.78 is 18.9. The second kappa shape index (κ2) is 11.7. The number of nitro benzene ring substituents is 1. The zero-order valence-corrected chi connectivity index (χ0v) is 21.7. The molecular weight excluding hydrogens is 512 g/mol. The minimum atomic E-state index is -0.608. The number of nitrogens with one attached hydrogen (secondary N) is 1. The van der Waals surface area contributed by atoms with E-state index in [0.717, 1.165) is 17.1 Å². The van der Waals surface area contributed by atoms with Crippen LogP contribution in [-0.4, -0.2) is 28.2 Å². The third-order valence-corrected chi connectivity index (χ3v) is 5.77. The van der Waals surface area contributed by atoms with E-state index in [9.17, 15) is 14.9 Å². The summed E-state index contributed by atoms with van der Waals surface area (Å²) in [5, 5.41) is 15.3. The van der Waals surface area contributed by atoms with Crippen molar-refractivity contribution in [2.24, 2.45) is 5.10 Å². The summed E-state index contributed by atoms with van der Waals surface area (Å²) in [5.41, 5.74) is 5.60. The van der Waals surface area contributed by atoms with Gasteiger partial charge in [0.15, 0.2) is 5.76 Å². The maximum atomic E-state index is 12.5. The van der Waals surface area contributed by atoms with Crippen LogP contribution in [0.5, 0.6) is 11.5 Å². The van der Waals surface area contributed by atoms with Gasteiger partial charge in [-0.1, -0.05) is 11.6 Å². The van der Waals surface area contributed by atoms with Gasteiger partial charge in [0.05, 0.1) is 17.7 Å². The van der Waals surface area contributed by atoms with Crippen molar-refractivity contribution in [1.29, 1.82) is 0 Å². The monoisotopic (exact) mass is 536 g/mol. The first-order valence-corrected chi connectivity index (χ1v) is 12.1. The molecule has 2 aromatic heterocycles. The number of hydrogen-bond acceptors (Lipinski definition) is 7. The first kappa shape index (κ1) is 26.5. The van der Waals surface area contributed by atoms with E-state index >= 15 is 0 Å². The van der Waals surface area contributed by atoms with Crippen LogP contribution in [0.2, 0.25) is 5.02 Å². The number of amides is 1. The van der Waals surface area contributed by atoms with E-state index in [0.29, 0.717) is 11.5 Å². The van der Waals surface area contributed by atoms with Gasteiger partial charge >= 0.3 is 11.6 Å². The average Bonchev–Trinajstić information content (AvgIpc) is 3.50. The molecule has 0 aliphatic rings. The predicted molar refractivity (Wildman–Crippen MR) is 143 cm³/mol. The van der Waals surface area contributed by atoms with E-state index in [2.05, 4.69) is 41.1 Å². The van der Waals surface area contributed by atoms with Crippen molar-refractivity contribution in [3.8, 4) is 17.2 Å². The molecule has 0 radical (unpaired) electrons. The molecule has 0 saturated heterocycles. The molecule has 1 amide bonds. The van der Waals surface area contributed by atoms with Gasteiger partial charge in [0.2, 0.25) is 5.75 Å². The van der Waals surface area contributed by atoms with Crippen molar-refractivity contribution in [2.45, 2.75) is 27.4 Å². The van der Waals surface area contributed by atoms with Crippen LogP contribution in [0.3, 0.4) is 0 Å². The molecule has 0 saturated carbocycles. The lowest BCUT2D eigenvalue weighted by Gasteiger charge is -2.10. The maximum absolute atomic E-state index is 12.5. The van der Waals surface area contributed by atoms with Gasteiger partial charge in [0.25, 0.3) is 0 Å². The van der Waals surface area contributed by atoms with Crippen LogP contribution >= 0.6 is 11.6 Å². The zero-order valence-electron chi connectivity index (χ0n) is 20.9. The normalized spacial score (nSPS) is 11.1. The Hall–Kier alpha value is -4.57. The number of nitro groups is 1. The van der Waals surface area contributed by atoms with Crippen molar-refractivity contribution in [3.63, 3.8) is 0 Å². The summed E-state index contributed by atoms with van der Waals surface area (Å²) in [6.45, 7) is 6.12. The fourth-order valence-electron chi connectivity index (χ4n) is 3.85. The molecule has 4 aromatic rings. The molecule has 196 valence electrons. The average molecular weight is 537 g/mol. The highest BCUT2D eigenvalue weighted by Gasteiger charge is 2.20. The molecule has 11 heteroatoms. The lowest BCUT2D eigenvalue weighted by atomic mass is 10.2. The Morgan fingerprint density at radius 1 is 1.11 bits per heavy atom. The van der Waals surface area contributed by atoms with Crippen molar-refractivity contribution in [1.82, 2.24) is 9.99 Å². The number of hydrogen-bond donors (Lipinski definition) is 1. The Morgan fingerprint density at radius 2 is 1.82 bits per heavy atom. The molecule has 0 aliphatic heterocycles. The molecule has 0 unspecified atom stereocenters. The number of halogens is 1. The van der Waals surface area contributed by atoms with Gasteiger partial charge < -0.3 is 18.5 Å². The quantitative estimate of drug-likeness (QED) is 0.151. The molecular formula is C27H25ClN4O6.